The van der Waals surface area contributed by atoms with E-state index in [9.17, 15) is 9.90 Å². The summed E-state index contributed by atoms with van der Waals surface area (Å²) in [6, 6.07) is 5.45. The van der Waals surface area contributed by atoms with Gasteiger partial charge in [-0.3, -0.25) is 4.79 Å². The number of aliphatic hydroxyl groups is 1. The monoisotopic (exact) mass is 304 g/mol. The number of amides is 1. The second-order valence-corrected chi connectivity index (χ2v) is 5.84. The minimum atomic E-state index is -0.654. The van der Waals surface area contributed by atoms with Gasteiger partial charge in [-0.1, -0.05) is 12.8 Å². The molecule has 0 bridgehead atoms. The Kier molecular flexibility index (Phi) is 4.29. The van der Waals surface area contributed by atoms with Crippen LogP contribution in [0, 0.1) is 0 Å². The molecule has 3 rings (SSSR count). The van der Waals surface area contributed by atoms with E-state index >= 15 is 0 Å². The zero-order chi connectivity index (χ0) is 15.4. The average molecular weight is 304 g/mol. The van der Waals surface area contributed by atoms with Crippen molar-refractivity contribution in [1.82, 2.24) is 5.43 Å². The summed E-state index contributed by atoms with van der Waals surface area (Å²) in [6.45, 7) is 0.232. The Morgan fingerprint density at radius 2 is 2.09 bits per heavy atom. The number of carbonyl (C=O) groups is 1. The van der Waals surface area contributed by atoms with Gasteiger partial charge in [-0.2, -0.15) is 5.10 Å². The largest absolute Gasteiger partial charge is 0.454 e. The van der Waals surface area contributed by atoms with Gasteiger partial charge in [-0.25, -0.2) is 5.43 Å². The third kappa shape index (κ3) is 3.57. The van der Waals surface area contributed by atoms with Crippen molar-refractivity contribution in [3.63, 3.8) is 0 Å². The van der Waals surface area contributed by atoms with Crippen LogP contribution in [0.2, 0.25) is 0 Å². The van der Waals surface area contributed by atoms with Gasteiger partial charge in [0.15, 0.2) is 11.5 Å². The molecule has 0 saturated heterocycles. The van der Waals surface area contributed by atoms with Crippen molar-refractivity contribution < 1.29 is 19.4 Å². The van der Waals surface area contributed by atoms with E-state index in [0.717, 1.165) is 31.2 Å². The van der Waals surface area contributed by atoms with E-state index in [2.05, 4.69) is 10.5 Å². The SMILES string of the molecule is O=C(CCC1(O)CCCC1)N/N=C/c1ccc2c(c1)OCO2. The van der Waals surface area contributed by atoms with Gasteiger partial charge < -0.3 is 14.6 Å². The summed E-state index contributed by atoms with van der Waals surface area (Å²) in [7, 11) is 0. The topological polar surface area (TPSA) is 80.2 Å². The van der Waals surface area contributed by atoms with E-state index in [1.165, 1.54) is 0 Å². The van der Waals surface area contributed by atoms with E-state index in [1.807, 2.05) is 6.07 Å². The van der Waals surface area contributed by atoms with Gasteiger partial charge in [0, 0.05) is 6.42 Å². The predicted octanol–water partition coefficient (Wildman–Crippen LogP) is 1.95. The highest BCUT2D eigenvalue weighted by Crippen LogP contribution is 2.33. The molecule has 0 aromatic heterocycles. The Labute approximate surface area is 129 Å². The number of hydrogen-bond donors (Lipinski definition) is 2. The summed E-state index contributed by atoms with van der Waals surface area (Å²) < 4.78 is 10.5. The summed E-state index contributed by atoms with van der Waals surface area (Å²) in [5.74, 6) is 1.21. The summed E-state index contributed by atoms with van der Waals surface area (Å²) in [4.78, 5) is 11.7. The molecule has 1 fully saturated rings. The lowest BCUT2D eigenvalue weighted by molar-refractivity contribution is -0.122. The summed E-state index contributed by atoms with van der Waals surface area (Å²) in [6.07, 6.45) is 6.01. The number of hydrazone groups is 1. The quantitative estimate of drug-likeness (QED) is 0.643. The highest BCUT2D eigenvalue weighted by molar-refractivity contribution is 5.83. The van der Waals surface area contributed by atoms with Crippen molar-refractivity contribution in [3.8, 4) is 11.5 Å². The van der Waals surface area contributed by atoms with Crippen LogP contribution in [0.4, 0.5) is 0 Å². The van der Waals surface area contributed by atoms with E-state index < -0.39 is 5.60 Å². The third-order valence-corrected chi connectivity index (χ3v) is 4.15. The second kappa shape index (κ2) is 6.36. The van der Waals surface area contributed by atoms with Crippen LogP contribution < -0.4 is 14.9 Å². The highest BCUT2D eigenvalue weighted by Gasteiger charge is 2.31. The van der Waals surface area contributed by atoms with Crippen LogP contribution in [0.3, 0.4) is 0 Å². The number of nitrogens with one attached hydrogen (secondary N) is 1. The molecular weight excluding hydrogens is 284 g/mol. The van der Waals surface area contributed by atoms with E-state index in [0.29, 0.717) is 17.9 Å². The van der Waals surface area contributed by atoms with Crippen LogP contribution in [0.5, 0.6) is 11.5 Å². The second-order valence-electron chi connectivity index (χ2n) is 5.84. The van der Waals surface area contributed by atoms with E-state index in [1.54, 1.807) is 18.3 Å². The molecule has 1 saturated carbocycles. The first-order valence-electron chi connectivity index (χ1n) is 7.59. The number of nitrogens with zero attached hydrogens (tertiary/aromatic N) is 1. The fourth-order valence-corrected chi connectivity index (χ4v) is 2.86. The maximum Gasteiger partial charge on any atom is 0.240 e. The molecule has 6 heteroatoms. The maximum atomic E-state index is 11.7. The van der Waals surface area contributed by atoms with Crippen molar-refractivity contribution in [2.75, 3.05) is 6.79 Å². The number of carbonyl (C=O) groups excluding carboxylic acids is 1. The molecule has 6 nitrogen and oxygen atoms in total. The van der Waals surface area contributed by atoms with Crippen LogP contribution in [0.1, 0.15) is 44.1 Å². The lowest BCUT2D eigenvalue weighted by atomic mass is 9.96. The molecule has 1 amide bonds. The number of benzene rings is 1. The average Bonchev–Trinajstić information content (AvgIpc) is 3.14. The number of ether oxygens (including phenoxy) is 2. The number of fused-ring (bicyclic) bond motifs is 1. The molecule has 0 unspecified atom stereocenters. The molecule has 1 aromatic carbocycles. The van der Waals surface area contributed by atoms with E-state index in [4.69, 9.17) is 9.47 Å². The molecule has 2 N–H and O–H groups in total. The van der Waals surface area contributed by atoms with Crippen LogP contribution in [-0.4, -0.2) is 29.6 Å². The predicted molar refractivity (Wildman–Crippen MR) is 81.0 cm³/mol. The van der Waals surface area contributed by atoms with Gasteiger partial charge in [0.2, 0.25) is 12.7 Å². The van der Waals surface area contributed by atoms with Crippen LogP contribution >= 0.6 is 0 Å². The van der Waals surface area contributed by atoms with Crippen molar-refractivity contribution in [1.29, 1.82) is 0 Å². The Morgan fingerprint density at radius 1 is 1.32 bits per heavy atom. The molecule has 0 spiro atoms. The summed E-state index contributed by atoms with van der Waals surface area (Å²) in [5.41, 5.74) is 2.65. The Morgan fingerprint density at radius 3 is 2.91 bits per heavy atom. The van der Waals surface area contributed by atoms with Crippen LogP contribution in [0.15, 0.2) is 23.3 Å². The minimum Gasteiger partial charge on any atom is -0.454 e. The van der Waals surface area contributed by atoms with Crippen molar-refractivity contribution in [2.45, 2.75) is 44.1 Å². The zero-order valence-electron chi connectivity index (χ0n) is 12.4. The Balaban J connectivity index is 1.46. The molecule has 1 heterocycles. The molecule has 0 atom stereocenters. The standard InChI is InChI=1S/C16H20N2O4/c19-15(5-8-16(20)6-1-2-7-16)18-17-10-12-3-4-13-14(9-12)22-11-21-13/h3-4,9-10,20H,1-2,5-8,11H2,(H,18,19)/b17-10+. The Bertz CT molecular complexity index is 580. The molecule has 1 aliphatic heterocycles. The van der Waals surface area contributed by atoms with Gasteiger partial charge in [0.25, 0.3) is 0 Å². The first kappa shape index (κ1) is 14.8. The summed E-state index contributed by atoms with van der Waals surface area (Å²) >= 11 is 0. The molecule has 2 aliphatic rings. The highest BCUT2D eigenvalue weighted by atomic mass is 16.7. The van der Waals surface area contributed by atoms with Gasteiger partial charge in [-0.15, -0.1) is 0 Å². The molecule has 1 aliphatic carbocycles. The first-order chi connectivity index (χ1) is 10.6. The smallest absolute Gasteiger partial charge is 0.240 e. The zero-order valence-corrected chi connectivity index (χ0v) is 12.4. The van der Waals surface area contributed by atoms with Gasteiger partial charge in [0.1, 0.15) is 0 Å². The van der Waals surface area contributed by atoms with Crippen LogP contribution in [-0.2, 0) is 4.79 Å². The van der Waals surface area contributed by atoms with Crippen molar-refractivity contribution in [3.05, 3.63) is 23.8 Å². The third-order valence-electron chi connectivity index (χ3n) is 4.15. The normalized spacial score (nSPS) is 18.8. The Hall–Kier alpha value is -2.08. The number of hydrogen-bond acceptors (Lipinski definition) is 5. The van der Waals surface area contributed by atoms with Gasteiger partial charge in [0.05, 0.1) is 11.8 Å². The van der Waals surface area contributed by atoms with Gasteiger partial charge >= 0.3 is 0 Å². The fraction of sp³-hybridized carbons (Fsp3) is 0.500. The molecule has 1 aromatic rings. The number of rotatable bonds is 5. The summed E-state index contributed by atoms with van der Waals surface area (Å²) in [5, 5.41) is 14.1. The molecule has 0 radical (unpaired) electrons. The molecule has 22 heavy (non-hydrogen) atoms. The van der Waals surface area contributed by atoms with Crippen molar-refractivity contribution in [2.24, 2.45) is 5.10 Å². The van der Waals surface area contributed by atoms with Crippen molar-refractivity contribution >= 4 is 12.1 Å². The lowest BCUT2D eigenvalue weighted by Gasteiger charge is -2.20. The minimum absolute atomic E-state index is 0.183. The molecule has 118 valence electrons. The van der Waals surface area contributed by atoms with Crippen LogP contribution in [0.25, 0.3) is 0 Å². The fourth-order valence-electron chi connectivity index (χ4n) is 2.86. The first-order valence-corrected chi connectivity index (χ1v) is 7.59. The molecular formula is C16H20N2O4. The van der Waals surface area contributed by atoms with E-state index in [-0.39, 0.29) is 19.1 Å². The lowest BCUT2D eigenvalue weighted by Crippen LogP contribution is -2.27. The van der Waals surface area contributed by atoms with Gasteiger partial charge in [-0.05, 0) is 43.0 Å². The maximum absolute atomic E-state index is 11.7.